The number of aromatic hydroxyl groups is 1. The van der Waals surface area contributed by atoms with Crippen molar-refractivity contribution in [3.8, 4) is 5.75 Å². The van der Waals surface area contributed by atoms with Crippen molar-refractivity contribution in [2.24, 2.45) is 20.5 Å². The van der Waals surface area contributed by atoms with Crippen LogP contribution in [0.5, 0.6) is 5.75 Å². The molecule has 27 nitrogen and oxygen atoms in total. The van der Waals surface area contributed by atoms with Gasteiger partial charge >= 0.3 is 148 Å². The second kappa shape index (κ2) is 33.2. The quantitative estimate of drug-likeness (QED) is 0.0118. The number of rotatable bonds is 25. The molecule has 0 saturated carbocycles. The molecule has 0 saturated heterocycles. The van der Waals surface area contributed by atoms with Crippen molar-refractivity contribution >= 4 is 116 Å². The smallest absolute Gasteiger partial charge is 0.747 e. The van der Waals surface area contributed by atoms with Crippen molar-refractivity contribution in [2.75, 3.05) is 35.9 Å². The zero-order valence-corrected chi connectivity index (χ0v) is 50.2. The number of hydrogen-bond donors (Lipinski definition) is 2. The van der Waals surface area contributed by atoms with Crippen molar-refractivity contribution in [1.29, 1.82) is 0 Å². The van der Waals surface area contributed by atoms with Crippen LogP contribution in [0.4, 0.5) is 28.4 Å². The first kappa shape index (κ1) is 69.3. The van der Waals surface area contributed by atoms with Gasteiger partial charge in [-0.15, -0.1) is 24.0 Å². The molecule has 0 heterocycles. The van der Waals surface area contributed by atoms with Crippen LogP contribution < -0.4 is 169 Å². The Bertz CT molecular complexity index is 2700. The summed E-state index contributed by atoms with van der Waals surface area (Å²) in [5.74, 6) is -3.28. The summed E-state index contributed by atoms with van der Waals surface area (Å²) in [5.41, 5.74) is -1.71. The van der Waals surface area contributed by atoms with Gasteiger partial charge in [0.25, 0.3) is 0 Å². The van der Waals surface area contributed by atoms with Crippen molar-refractivity contribution in [3.63, 3.8) is 0 Å². The van der Waals surface area contributed by atoms with Gasteiger partial charge in [-0.05, 0) is 60.7 Å². The SMILES string of the molecule is O=S(=O)([O-])CNc1ccc2c(O)c(N=Nc3ccc(S(=O)(=O)CCOSOO[O-])cc3S(=O)(=O)[O-])c(SOO[O-])cc2c1N=Nc1ccc(S(=O)(=O)CCOSOO[O-])cc1.[Na+].[Na+].[Na+].[Na+].[Na+]. The first-order chi connectivity index (χ1) is 28.8. The standard InChI is InChI=1S/C27H27N5O22S7.5Na/c33-27-19-6-8-22(28-15-60(41,42)43)25(31-29-16-1-3-17(4-2-16)58(37,38)11-9-47-56-53-50-35)20(19)14-23(55-52-49-34)26(27)32-30-21-7-5-18(13-24(21)61(44,45)46)59(39,40)12-10-48-57-54-51-36;;;;;/h1-8,13-14,28,33-36H,9-12,15H2,(H,41,42,43)(H,44,45,46);;;;;/q;5*+1/p-5. The number of anilines is 1. The summed E-state index contributed by atoms with van der Waals surface area (Å²) in [4.78, 5) is -2.36. The summed E-state index contributed by atoms with van der Waals surface area (Å²) in [5, 5.41) is 69.1. The molecule has 0 amide bonds. The van der Waals surface area contributed by atoms with Gasteiger partial charge in [0.1, 0.15) is 43.2 Å². The van der Waals surface area contributed by atoms with Crippen LogP contribution in [-0.4, -0.2) is 78.5 Å². The zero-order chi connectivity index (χ0) is 44.8. The van der Waals surface area contributed by atoms with Gasteiger partial charge in [0.05, 0.1) is 67.7 Å². The fourth-order valence-electron chi connectivity index (χ4n) is 4.59. The van der Waals surface area contributed by atoms with Gasteiger partial charge in [0.2, 0.25) is 0 Å². The summed E-state index contributed by atoms with van der Waals surface area (Å²) < 4.78 is 143. The monoisotopic (exact) mass is 1110 g/mol. The Morgan fingerprint density at radius 2 is 1.14 bits per heavy atom. The molecular weight excluding hydrogens is 1090 g/mol. The molecular formula is C27H22N5Na5O22S7. The molecule has 0 aliphatic carbocycles. The Morgan fingerprint density at radius 3 is 1.67 bits per heavy atom. The number of nitrogens with zero attached hydrogens (tertiary/aromatic N) is 4. The average molecular weight is 1110 g/mol. The van der Waals surface area contributed by atoms with Crippen molar-refractivity contribution < 1.29 is 248 Å². The minimum absolute atomic E-state index is 0. The maximum atomic E-state index is 12.8. The maximum absolute atomic E-state index is 12.8. The number of phenols is 1. The molecule has 0 aromatic heterocycles. The molecule has 0 bridgehead atoms. The molecule has 334 valence electrons. The van der Waals surface area contributed by atoms with Gasteiger partial charge in [-0.1, -0.05) is 0 Å². The van der Waals surface area contributed by atoms with Gasteiger partial charge < -0.3 is 35.3 Å². The van der Waals surface area contributed by atoms with Crippen LogP contribution in [0, 0.1) is 0 Å². The molecule has 0 spiro atoms. The minimum atomic E-state index is -5.47. The second-order valence-corrected chi connectivity index (χ2v) is 19.6. The fourth-order valence-corrected chi connectivity index (χ4v) is 8.95. The second-order valence-electron chi connectivity index (χ2n) is 10.9. The van der Waals surface area contributed by atoms with Gasteiger partial charge in [-0.3, -0.25) is 23.5 Å². The number of phenolic OH excluding ortho intramolecular Hbond substituents is 1. The molecule has 0 atom stereocenters. The van der Waals surface area contributed by atoms with E-state index in [1.54, 1.807) is 0 Å². The van der Waals surface area contributed by atoms with Gasteiger partial charge in [0, 0.05) is 10.8 Å². The van der Waals surface area contributed by atoms with Crippen molar-refractivity contribution in [3.05, 3.63) is 60.7 Å². The Labute approximate surface area is 498 Å². The van der Waals surface area contributed by atoms with E-state index in [9.17, 15) is 63.7 Å². The predicted molar refractivity (Wildman–Crippen MR) is 197 cm³/mol. The average Bonchev–Trinajstić information content (AvgIpc) is 3.20. The van der Waals surface area contributed by atoms with Gasteiger partial charge in [0.15, 0.2) is 50.1 Å². The topological polar surface area (TPSA) is 407 Å². The minimum Gasteiger partial charge on any atom is -0.747 e. The van der Waals surface area contributed by atoms with E-state index in [4.69, 9.17) is 4.18 Å². The van der Waals surface area contributed by atoms with Crippen LogP contribution in [0.3, 0.4) is 0 Å². The molecule has 4 aromatic carbocycles. The molecule has 4 aromatic rings. The Morgan fingerprint density at radius 1 is 0.606 bits per heavy atom. The molecule has 4 rings (SSSR count). The summed E-state index contributed by atoms with van der Waals surface area (Å²) in [6, 6.07) is 10.4. The van der Waals surface area contributed by atoms with E-state index >= 15 is 0 Å². The summed E-state index contributed by atoms with van der Waals surface area (Å²) in [7, 11) is -18.6. The van der Waals surface area contributed by atoms with Crippen molar-refractivity contribution in [2.45, 2.75) is 19.6 Å². The van der Waals surface area contributed by atoms with Gasteiger partial charge in [-0.25, -0.2) is 33.7 Å². The van der Waals surface area contributed by atoms with Crippen LogP contribution in [0.25, 0.3) is 10.8 Å². The van der Waals surface area contributed by atoms with E-state index in [1.807, 2.05) is 0 Å². The number of hydrogen-bond acceptors (Lipinski definition) is 30. The summed E-state index contributed by atoms with van der Waals surface area (Å²) in [6.07, 6.45) is 0. The third-order valence-corrected chi connectivity index (χ3v) is 13.2. The Kier molecular flexibility index (Phi) is 34.8. The molecule has 66 heavy (non-hydrogen) atoms. The molecule has 0 aliphatic heterocycles. The maximum Gasteiger partial charge on any atom is 1.00 e. The van der Waals surface area contributed by atoms with Crippen LogP contribution in [-0.2, 0) is 76.4 Å². The number of benzene rings is 4. The van der Waals surface area contributed by atoms with Crippen LogP contribution >= 0.6 is 36.7 Å². The first-order valence-electron chi connectivity index (χ1n) is 15.4. The predicted octanol–water partition coefficient (Wildman–Crippen LogP) is -13.4. The van der Waals surface area contributed by atoms with E-state index in [0.29, 0.717) is 6.07 Å². The Hall–Kier alpha value is 1.27. The third-order valence-electron chi connectivity index (χ3n) is 7.15. The third kappa shape index (κ3) is 21.8. The van der Waals surface area contributed by atoms with E-state index in [2.05, 4.69) is 58.1 Å². The first-order valence-corrected chi connectivity index (χ1v) is 23.8. The van der Waals surface area contributed by atoms with Crippen LogP contribution in [0.1, 0.15) is 0 Å². The molecule has 0 unspecified atom stereocenters. The van der Waals surface area contributed by atoms with Gasteiger partial charge in [-0.2, -0.15) is 9.45 Å². The number of nitrogens with one attached hydrogen (secondary N) is 1. The van der Waals surface area contributed by atoms with Crippen LogP contribution in [0.2, 0.25) is 0 Å². The molecule has 2 N–H and O–H groups in total. The van der Waals surface area contributed by atoms with Crippen molar-refractivity contribution in [1.82, 2.24) is 0 Å². The molecule has 0 aliphatic rings. The summed E-state index contributed by atoms with van der Waals surface area (Å²) >= 11 is 0.244. The molecule has 0 radical (unpaired) electrons. The number of sulfone groups is 2. The fraction of sp³-hybridized carbons (Fsp3) is 0.185. The molecule has 39 heteroatoms. The Balaban J connectivity index is 0. The summed E-state index contributed by atoms with van der Waals surface area (Å²) in [6.45, 7) is -0.973. The number of azo groups is 2. The van der Waals surface area contributed by atoms with E-state index in [0.717, 1.165) is 36.4 Å². The number of fused-ring (bicyclic) bond motifs is 1. The largest absolute Gasteiger partial charge is 1.00 e. The normalized spacial score (nSPS) is 11.9. The molecule has 0 fully saturated rings. The van der Waals surface area contributed by atoms with E-state index < -0.39 is 97.4 Å². The van der Waals surface area contributed by atoms with Crippen LogP contribution in [0.15, 0.2) is 101 Å². The zero-order valence-electron chi connectivity index (χ0n) is 34.5. The van der Waals surface area contributed by atoms with E-state index in [-0.39, 0.29) is 222 Å². The van der Waals surface area contributed by atoms with E-state index in [1.165, 1.54) is 18.2 Å².